The molecule has 0 saturated heterocycles. The largest absolute Gasteiger partial charge is 0.392 e. The molecule has 0 atom stereocenters. The normalized spacial score (nSPS) is 16.1. The highest BCUT2D eigenvalue weighted by Crippen LogP contribution is 2.18. The lowest BCUT2D eigenvalue weighted by Gasteiger charge is -2.08. The maximum Gasteiger partial charge on any atom is 0.345 e. The Labute approximate surface area is 70.7 Å². The molecule has 0 unspecified atom stereocenters. The Morgan fingerprint density at radius 3 is 3.00 bits per heavy atom. The van der Waals surface area contributed by atoms with E-state index in [9.17, 15) is 9.59 Å². The standard InChI is InChI=1S/C9H10O3/c1-7-4-2-3-5-8(7)9(11)12-6-10/h3,5-6H,2,4H2,1H3. The summed E-state index contributed by atoms with van der Waals surface area (Å²) in [7, 11) is 0. The molecule has 3 heteroatoms. The van der Waals surface area contributed by atoms with Crippen LogP contribution in [0, 0.1) is 0 Å². The van der Waals surface area contributed by atoms with E-state index in [-0.39, 0.29) is 6.47 Å². The molecular weight excluding hydrogens is 156 g/mol. The minimum Gasteiger partial charge on any atom is -0.392 e. The van der Waals surface area contributed by atoms with Gasteiger partial charge in [0.25, 0.3) is 0 Å². The highest BCUT2D eigenvalue weighted by atomic mass is 16.6. The maximum absolute atomic E-state index is 11.0. The fourth-order valence-corrected chi connectivity index (χ4v) is 1.13. The zero-order chi connectivity index (χ0) is 8.97. The molecule has 1 aliphatic carbocycles. The minimum absolute atomic E-state index is 0.158. The van der Waals surface area contributed by atoms with Crippen LogP contribution >= 0.6 is 0 Å². The number of carbonyl (C=O) groups is 2. The Kier molecular flexibility index (Phi) is 2.80. The van der Waals surface area contributed by atoms with Crippen molar-refractivity contribution in [2.75, 3.05) is 0 Å². The van der Waals surface area contributed by atoms with Crippen LogP contribution in [0.1, 0.15) is 19.8 Å². The van der Waals surface area contributed by atoms with Crippen molar-refractivity contribution in [3.63, 3.8) is 0 Å². The molecule has 0 saturated carbocycles. The van der Waals surface area contributed by atoms with Crippen LogP contribution in [-0.2, 0) is 14.3 Å². The Morgan fingerprint density at radius 2 is 2.42 bits per heavy atom. The zero-order valence-electron chi connectivity index (χ0n) is 6.87. The van der Waals surface area contributed by atoms with Crippen molar-refractivity contribution in [2.45, 2.75) is 19.8 Å². The average Bonchev–Trinajstić information content (AvgIpc) is 2.05. The van der Waals surface area contributed by atoms with E-state index < -0.39 is 5.97 Å². The quantitative estimate of drug-likeness (QED) is 0.353. The van der Waals surface area contributed by atoms with Crippen LogP contribution in [0.25, 0.3) is 0 Å². The predicted octanol–water partition coefficient (Wildman–Crippen LogP) is 1.35. The van der Waals surface area contributed by atoms with Gasteiger partial charge in [-0.25, -0.2) is 4.79 Å². The summed E-state index contributed by atoms with van der Waals surface area (Å²) in [6, 6.07) is 0. The van der Waals surface area contributed by atoms with Gasteiger partial charge in [-0.2, -0.15) is 0 Å². The topological polar surface area (TPSA) is 43.4 Å². The second kappa shape index (κ2) is 3.85. The molecule has 0 amide bonds. The molecule has 0 aromatic heterocycles. The van der Waals surface area contributed by atoms with Crippen LogP contribution < -0.4 is 0 Å². The number of allylic oxidation sites excluding steroid dienone is 2. The first-order valence-corrected chi connectivity index (χ1v) is 3.76. The van der Waals surface area contributed by atoms with Gasteiger partial charge in [0.15, 0.2) is 0 Å². The van der Waals surface area contributed by atoms with Crippen LogP contribution in [0.5, 0.6) is 0 Å². The molecule has 0 radical (unpaired) electrons. The Morgan fingerprint density at radius 1 is 1.67 bits per heavy atom. The molecule has 0 bridgehead atoms. The molecule has 64 valence electrons. The lowest BCUT2D eigenvalue weighted by Crippen LogP contribution is -2.08. The molecule has 0 aromatic rings. The van der Waals surface area contributed by atoms with Gasteiger partial charge in [-0.15, -0.1) is 0 Å². The molecule has 0 fully saturated rings. The summed E-state index contributed by atoms with van der Waals surface area (Å²) < 4.78 is 4.22. The predicted molar refractivity (Wildman–Crippen MR) is 43.2 cm³/mol. The third kappa shape index (κ3) is 1.81. The zero-order valence-corrected chi connectivity index (χ0v) is 6.87. The van der Waals surface area contributed by atoms with Gasteiger partial charge < -0.3 is 4.74 Å². The van der Waals surface area contributed by atoms with Crippen molar-refractivity contribution in [3.8, 4) is 0 Å². The van der Waals surface area contributed by atoms with E-state index in [1.807, 2.05) is 13.0 Å². The van der Waals surface area contributed by atoms with Crippen LogP contribution in [0.3, 0.4) is 0 Å². The molecule has 0 aliphatic heterocycles. The van der Waals surface area contributed by atoms with Crippen molar-refractivity contribution in [1.29, 1.82) is 0 Å². The molecular formula is C9H10O3. The van der Waals surface area contributed by atoms with Crippen molar-refractivity contribution >= 4 is 12.4 Å². The molecule has 3 nitrogen and oxygen atoms in total. The van der Waals surface area contributed by atoms with Crippen molar-refractivity contribution in [1.82, 2.24) is 0 Å². The summed E-state index contributed by atoms with van der Waals surface area (Å²) in [4.78, 5) is 20.9. The Balaban J connectivity index is 2.78. The average molecular weight is 166 g/mol. The maximum atomic E-state index is 11.0. The van der Waals surface area contributed by atoms with Crippen molar-refractivity contribution in [2.24, 2.45) is 0 Å². The lowest BCUT2D eigenvalue weighted by atomic mass is 9.99. The van der Waals surface area contributed by atoms with Gasteiger partial charge in [0.2, 0.25) is 0 Å². The molecule has 1 aliphatic rings. The van der Waals surface area contributed by atoms with Gasteiger partial charge in [-0.05, 0) is 19.8 Å². The van der Waals surface area contributed by atoms with Gasteiger partial charge in [0, 0.05) is 0 Å². The fourth-order valence-electron chi connectivity index (χ4n) is 1.13. The van der Waals surface area contributed by atoms with E-state index in [0.717, 1.165) is 18.4 Å². The molecule has 0 spiro atoms. The van der Waals surface area contributed by atoms with Crippen LogP contribution in [0.2, 0.25) is 0 Å². The summed E-state index contributed by atoms with van der Waals surface area (Å²) in [6.07, 6.45) is 5.41. The van der Waals surface area contributed by atoms with Gasteiger partial charge >= 0.3 is 12.4 Å². The molecule has 0 heterocycles. The van der Waals surface area contributed by atoms with Crippen LogP contribution in [0.15, 0.2) is 23.3 Å². The van der Waals surface area contributed by atoms with E-state index in [4.69, 9.17) is 0 Å². The van der Waals surface area contributed by atoms with Crippen molar-refractivity contribution < 1.29 is 14.3 Å². The third-order valence-electron chi connectivity index (χ3n) is 1.81. The Bertz CT molecular complexity index is 261. The van der Waals surface area contributed by atoms with Gasteiger partial charge in [-0.1, -0.05) is 17.7 Å². The number of rotatable bonds is 2. The first-order valence-electron chi connectivity index (χ1n) is 3.76. The van der Waals surface area contributed by atoms with Crippen LogP contribution in [0.4, 0.5) is 0 Å². The second-order valence-electron chi connectivity index (χ2n) is 2.64. The van der Waals surface area contributed by atoms with Gasteiger partial charge in [0.1, 0.15) is 0 Å². The smallest absolute Gasteiger partial charge is 0.345 e. The van der Waals surface area contributed by atoms with E-state index in [2.05, 4.69) is 4.74 Å². The number of hydrogen-bond donors (Lipinski definition) is 0. The highest BCUT2D eigenvalue weighted by Gasteiger charge is 2.13. The molecule has 1 rings (SSSR count). The fraction of sp³-hybridized carbons (Fsp3) is 0.333. The summed E-state index contributed by atoms with van der Waals surface area (Å²) in [5.74, 6) is -0.557. The minimum atomic E-state index is -0.557. The summed E-state index contributed by atoms with van der Waals surface area (Å²) in [5, 5.41) is 0. The first-order chi connectivity index (χ1) is 5.75. The second-order valence-corrected chi connectivity index (χ2v) is 2.64. The summed E-state index contributed by atoms with van der Waals surface area (Å²) in [6.45, 7) is 2.02. The van der Waals surface area contributed by atoms with E-state index in [1.54, 1.807) is 6.08 Å². The number of esters is 1. The summed E-state index contributed by atoms with van der Waals surface area (Å²) >= 11 is 0. The number of carbonyl (C=O) groups excluding carboxylic acids is 2. The Hall–Kier alpha value is -1.38. The van der Waals surface area contributed by atoms with E-state index in [1.165, 1.54) is 0 Å². The molecule has 12 heavy (non-hydrogen) atoms. The molecule has 0 aromatic carbocycles. The lowest BCUT2D eigenvalue weighted by molar-refractivity contribution is -0.147. The monoisotopic (exact) mass is 166 g/mol. The molecule has 0 N–H and O–H groups in total. The highest BCUT2D eigenvalue weighted by molar-refractivity contribution is 5.95. The van der Waals surface area contributed by atoms with E-state index >= 15 is 0 Å². The summed E-state index contributed by atoms with van der Waals surface area (Å²) in [5.41, 5.74) is 1.48. The van der Waals surface area contributed by atoms with E-state index in [0.29, 0.717) is 5.57 Å². The third-order valence-corrected chi connectivity index (χ3v) is 1.81. The van der Waals surface area contributed by atoms with Crippen LogP contribution in [-0.4, -0.2) is 12.4 Å². The number of ether oxygens (including phenoxy) is 1. The van der Waals surface area contributed by atoms with Gasteiger partial charge in [-0.3, -0.25) is 4.79 Å². The number of hydrogen-bond acceptors (Lipinski definition) is 3. The van der Waals surface area contributed by atoms with Gasteiger partial charge in [0.05, 0.1) is 5.57 Å². The first kappa shape index (κ1) is 8.71. The SMILES string of the molecule is CC1=C(C(=O)OC=O)C=CCC1. The van der Waals surface area contributed by atoms with Crippen molar-refractivity contribution in [3.05, 3.63) is 23.3 Å².